The molecule has 0 aromatic rings. The van der Waals surface area contributed by atoms with Gasteiger partial charge in [0, 0.05) is 6.04 Å². The Bertz CT molecular complexity index is 91.6. The number of rotatable bonds is 5. The van der Waals surface area contributed by atoms with Gasteiger partial charge >= 0.3 is 0 Å². The van der Waals surface area contributed by atoms with E-state index < -0.39 is 0 Å². The van der Waals surface area contributed by atoms with Gasteiger partial charge in [0.1, 0.15) is 0 Å². The minimum atomic E-state index is 0.560. The molecule has 2 heteroatoms. The second kappa shape index (κ2) is 5.90. The predicted molar refractivity (Wildman–Crippen MR) is 55.4 cm³/mol. The van der Waals surface area contributed by atoms with Crippen molar-refractivity contribution in [3.63, 3.8) is 0 Å². The van der Waals surface area contributed by atoms with Crippen molar-refractivity contribution in [1.29, 1.82) is 0 Å². The Morgan fingerprint density at radius 2 is 1.73 bits per heavy atom. The molecule has 0 rings (SSSR count). The van der Waals surface area contributed by atoms with E-state index in [1.807, 2.05) is 0 Å². The summed E-state index contributed by atoms with van der Waals surface area (Å²) in [6, 6.07) is 0.710. The Balaban J connectivity index is 3.24. The second-order valence-electron chi connectivity index (χ2n) is 3.59. The van der Waals surface area contributed by atoms with Gasteiger partial charge in [-0.25, -0.2) is 0 Å². The van der Waals surface area contributed by atoms with E-state index in [0.29, 0.717) is 11.3 Å². The third kappa shape index (κ3) is 6.70. The summed E-state index contributed by atoms with van der Waals surface area (Å²) >= 11 is 4.34. The molecule has 0 aliphatic heterocycles. The van der Waals surface area contributed by atoms with Crippen molar-refractivity contribution in [2.24, 2.45) is 0 Å². The van der Waals surface area contributed by atoms with E-state index in [-0.39, 0.29) is 0 Å². The number of nitrogens with zero attached hydrogens (tertiary/aromatic N) is 1. The normalized spacial score (nSPS) is 16.9. The molecule has 11 heavy (non-hydrogen) atoms. The molecule has 0 saturated carbocycles. The Kier molecular flexibility index (Phi) is 6.06. The Labute approximate surface area is 76.6 Å². The maximum absolute atomic E-state index is 4.34. The molecule has 0 aromatic carbocycles. The molecule has 0 aromatic heterocycles. The van der Waals surface area contributed by atoms with Crippen LogP contribution in [0.25, 0.3) is 0 Å². The highest BCUT2D eigenvalue weighted by Crippen LogP contribution is 2.09. The van der Waals surface area contributed by atoms with Gasteiger partial charge in [0.2, 0.25) is 0 Å². The number of hydrogen-bond acceptors (Lipinski definition) is 2. The van der Waals surface area contributed by atoms with E-state index in [1.165, 1.54) is 19.3 Å². The van der Waals surface area contributed by atoms with Crippen LogP contribution in [0, 0.1) is 0 Å². The molecule has 0 saturated heterocycles. The van der Waals surface area contributed by atoms with Gasteiger partial charge in [-0.15, -0.1) is 0 Å². The van der Waals surface area contributed by atoms with Crippen LogP contribution in [0.5, 0.6) is 0 Å². The maximum Gasteiger partial charge on any atom is 0.00608 e. The van der Waals surface area contributed by atoms with Crippen molar-refractivity contribution in [2.75, 3.05) is 14.1 Å². The zero-order valence-corrected chi connectivity index (χ0v) is 9.06. The molecule has 0 bridgehead atoms. The third-order valence-electron chi connectivity index (χ3n) is 2.13. The first-order valence-corrected chi connectivity index (χ1v) is 4.90. The van der Waals surface area contributed by atoms with Crippen LogP contribution >= 0.6 is 12.6 Å². The average Bonchev–Trinajstić information content (AvgIpc) is 1.86. The fourth-order valence-corrected chi connectivity index (χ4v) is 1.15. The first-order chi connectivity index (χ1) is 5.04. The van der Waals surface area contributed by atoms with E-state index in [2.05, 4.69) is 45.5 Å². The highest BCUT2D eigenvalue weighted by Gasteiger charge is 2.03. The lowest BCUT2D eigenvalue weighted by Gasteiger charge is -2.19. The van der Waals surface area contributed by atoms with Crippen molar-refractivity contribution in [3.05, 3.63) is 0 Å². The minimum absolute atomic E-state index is 0.560. The van der Waals surface area contributed by atoms with E-state index >= 15 is 0 Å². The molecule has 0 aliphatic carbocycles. The Morgan fingerprint density at radius 3 is 2.09 bits per heavy atom. The first-order valence-electron chi connectivity index (χ1n) is 4.38. The van der Waals surface area contributed by atoms with Gasteiger partial charge in [0.15, 0.2) is 0 Å². The van der Waals surface area contributed by atoms with Crippen molar-refractivity contribution in [3.8, 4) is 0 Å². The monoisotopic (exact) mass is 175 g/mol. The summed E-state index contributed by atoms with van der Waals surface area (Å²) in [7, 11) is 4.27. The van der Waals surface area contributed by atoms with Gasteiger partial charge < -0.3 is 4.90 Å². The minimum Gasteiger partial charge on any atom is -0.307 e. The predicted octanol–water partition coefficient (Wildman–Crippen LogP) is 2.43. The lowest BCUT2D eigenvalue weighted by molar-refractivity contribution is 0.292. The van der Waals surface area contributed by atoms with Crippen LogP contribution in [0.1, 0.15) is 33.1 Å². The summed E-state index contributed by atoms with van der Waals surface area (Å²) in [5, 5.41) is 0.560. The SMILES string of the molecule is CC(S)CCCC(C)N(C)C. The van der Waals surface area contributed by atoms with E-state index in [1.54, 1.807) is 0 Å². The molecule has 0 spiro atoms. The first kappa shape index (κ1) is 11.3. The number of hydrogen-bond donors (Lipinski definition) is 1. The zero-order valence-electron chi connectivity index (χ0n) is 8.17. The molecule has 0 amide bonds. The molecule has 2 atom stereocenters. The molecule has 68 valence electrons. The van der Waals surface area contributed by atoms with Crippen molar-refractivity contribution >= 4 is 12.6 Å². The molecular formula is C9H21NS. The summed E-state index contributed by atoms with van der Waals surface area (Å²) in [4.78, 5) is 2.27. The second-order valence-corrected chi connectivity index (χ2v) is 4.47. The van der Waals surface area contributed by atoms with Gasteiger partial charge in [-0.2, -0.15) is 12.6 Å². The van der Waals surface area contributed by atoms with Crippen LogP contribution in [-0.4, -0.2) is 30.3 Å². The molecule has 2 unspecified atom stereocenters. The van der Waals surface area contributed by atoms with Crippen LogP contribution in [0.2, 0.25) is 0 Å². The summed E-state index contributed by atoms with van der Waals surface area (Å²) in [6.07, 6.45) is 3.82. The van der Waals surface area contributed by atoms with Gasteiger partial charge in [-0.1, -0.05) is 13.3 Å². The van der Waals surface area contributed by atoms with Gasteiger partial charge in [-0.3, -0.25) is 0 Å². The van der Waals surface area contributed by atoms with E-state index in [0.717, 1.165) is 0 Å². The molecule has 0 heterocycles. The molecule has 0 N–H and O–H groups in total. The molecule has 0 fully saturated rings. The quantitative estimate of drug-likeness (QED) is 0.628. The Morgan fingerprint density at radius 1 is 1.18 bits per heavy atom. The van der Waals surface area contributed by atoms with E-state index in [4.69, 9.17) is 0 Å². The zero-order chi connectivity index (χ0) is 8.85. The average molecular weight is 175 g/mol. The smallest absolute Gasteiger partial charge is 0.00608 e. The van der Waals surface area contributed by atoms with Crippen molar-refractivity contribution in [2.45, 2.75) is 44.4 Å². The van der Waals surface area contributed by atoms with Gasteiger partial charge in [0.25, 0.3) is 0 Å². The lowest BCUT2D eigenvalue weighted by atomic mass is 10.1. The highest BCUT2D eigenvalue weighted by atomic mass is 32.1. The topological polar surface area (TPSA) is 3.24 Å². The summed E-state index contributed by atoms with van der Waals surface area (Å²) in [5.74, 6) is 0. The van der Waals surface area contributed by atoms with E-state index in [9.17, 15) is 0 Å². The molecule has 1 nitrogen and oxygen atoms in total. The summed E-state index contributed by atoms with van der Waals surface area (Å²) in [6.45, 7) is 4.42. The van der Waals surface area contributed by atoms with Crippen LogP contribution in [0.3, 0.4) is 0 Å². The number of thiol groups is 1. The highest BCUT2D eigenvalue weighted by molar-refractivity contribution is 7.80. The largest absolute Gasteiger partial charge is 0.307 e. The van der Waals surface area contributed by atoms with Crippen molar-refractivity contribution in [1.82, 2.24) is 4.90 Å². The standard InChI is InChI=1S/C9H21NS/c1-8(10(3)4)6-5-7-9(2)11/h8-9,11H,5-7H2,1-4H3. The van der Waals surface area contributed by atoms with Gasteiger partial charge in [0.05, 0.1) is 0 Å². The summed E-state index contributed by atoms with van der Waals surface area (Å²) in [5.41, 5.74) is 0. The molecular weight excluding hydrogens is 154 g/mol. The van der Waals surface area contributed by atoms with Crippen LogP contribution in [0.15, 0.2) is 0 Å². The fourth-order valence-electron chi connectivity index (χ4n) is 0.967. The summed E-state index contributed by atoms with van der Waals surface area (Å²) < 4.78 is 0. The maximum atomic E-state index is 4.34. The van der Waals surface area contributed by atoms with Crippen LogP contribution in [-0.2, 0) is 0 Å². The lowest BCUT2D eigenvalue weighted by Crippen LogP contribution is -2.24. The molecule has 0 aliphatic rings. The fraction of sp³-hybridized carbons (Fsp3) is 1.00. The van der Waals surface area contributed by atoms with Crippen LogP contribution in [0.4, 0.5) is 0 Å². The molecule has 0 radical (unpaired) electrons. The third-order valence-corrected chi connectivity index (χ3v) is 2.38. The van der Waals surface area contributed by atoms with Gasteiger partial charge in [-0.05, 0) is 39.1 Å². The van der Waals surface area contributed by atoms with Crippen LogP contribution < -0.4 is 0 Å². The Hall–Kier alpha value is 0.310. The van der Waals surface area contributed by atoms with Crippen molar-refractivity contribution < 1.29 is 0 Å².